The number of furan rings is 1. The number of ether oxygens (including phenoxy) is 1. The first-order valence-corrected chi connectivity index (χ1v) is 8.08. The molecule has 1 aliphatic heterocycles. The van der Waals surface area contributed by atoms with E-state index in [0.29, 0.717) is 10.4 Å². The van der Waals surface area contributed by atoms with Gasteiger partial charge in [-0.2, -0.15) is 0 Å². The first-order valence-electron chi connectivity index (χ1n) is 6.91. The number of carbonyl (C=O) groups excluding carboxylic acids is 3. The first-order chi connectivity index (χ1) is 11.9. The second kappa shape index (κ2) is 6.73. The zero-order valence-corrected chi connectivity index (χ0v) is 15.1. The Morgan fingerprint density at radius 1 is 1.24 bits per heavy atom. The Hall–Kier alpha value is -2.58. The second-order valence-electron chi connectivity index (χ2n) is 4.92. The number of carbonyl (C=O) groups is 3. The summed E-state index contributed by atoms with van der Waals surface area (Å²) in [5.74, 6) is -0.920. The standard InChI is InChI=1S/C16H10BrClN2O5/c1-24-12-4-2-8(6-11(12)18)20-15(22)10(14(21)19-16(20)23)7-9-3-5-13(17)25-9/h2-7H,1H3,(H,19,21,23)/b10-7-. The van der Waals surface area contributed by atoms with Gasteiger partial charge < -0.3 is 9.15 Å². The highest BCUT2D eigenvalue weighted by molar-refractivity contribution is 9.10. The van der Waals surface area contributed by atoms with Crippen molar-refractivity contribution in [3.8, 4) is 5.75 Å². The minimum Gasteiger partial charge on any atom is -0.495 e. The number of halogens is 2. The zero-order valence-electron chi connectivity index (χ0n) is 12.7. The van der Waals surface area contributed by atoms with E-state index >= 15 is 0 Å². The predicted octanol–water partition coefficient (Wildman–Crippen LogP) is 3.37. The van der Waals surface area contributed by atoms with Crippen LogP contribution in [0.15, 0.2) is 45.0 Å². The Morgan fingerprint density at radius 2 is 2.00 bits per heavy atom. The van der Waals surface area contributed by atoms with Gasteiger partial charge in [-0.25, -0.2) is 9.69 Å². The van der Waals surface area contributed by atoms with E-state index < -0.39 is 17.8 Å². The second-order valence-corrected chi connectivity index (χ2v) is 6.11. The Labute approximate surface area is 155 Å². The number of anilines is 1. The van der Waals surface area contributed by atoms with Gasteiger partial charge in [0.15, 0.2) is 4.67 Å². The maximum atomic E-state index is 12.7. The molecule has 1 fully saturated rings. The fourth-order valence-corrected chi connectivity index (χ4v) is 2.81. The summed E-state index contributed by atoms with van der Waals surface area (Å²) in [6.45, 7) is 0. The molecule has 1 aliphatic rings. The summed E-state index contributed by atoms with van der Waals surface area (Å²) in [5, 5.41) is 2.34. The molecule has 0 atom stereocenters. The highest BCUT2D eigenvalue weighted by Gasteiger charge is 2.37. The molecule has 25 heavy (non-hydrogen) atoms. The number of imide groups is 2. The van der Waals surface area contributed by atoms with Crippen molar-refractivity contribution in [1.29, 1.82) is 0 Å². The number of barbiturate groups is 1. The smallest absolute Gasteiger partial charge is 0.335 e. The molecule has 7 nitrogen and oxygen atoms in total. The van der Waals surface area contributed by atoms with E-state index in [0.717, 1.165) is 4.90 Å². The summed E-state index contributed by atoms with van der Waals surface area (Å²) >= 11 is 9.18. The SMILES string of the molecule is COc1ccc(N2C(=O)NC(=O)/C(=C/c3ccc(Br)o3)C2=O)cc1Cl. The minimum atomic E-state index is -0.867. The van der Waals surface area contributed by atoms with Crippen LogP contribution in [0, 0.1) is 0 Å². The molecule has 2 aromatic rings. The van der Waals surface area contributed by atoms with E-state index in [4.69, 9.17) is 20.8 Å². The number of nitrogens with one attached hydrogen (secondary N) is 1. The summed E-state index contributed by atoms with van der Waals surface area (Å²) in [6, 6.07) is 6.72. The van der Waals surface area contributed by atoms with Crippen molar-refractivity contribution < 1.29 is 23.5 Å². The van der Waals surface area contributed by atoms with Crippen LogP contribution in [0.1, 0.15) is 5.76 Å². The molecule has 0 unspecified atom stereocenters. The molecule has 3 rings (SSSR count). The number of methoxy groups -OCH3 is 1. The third-order valence-electron chi connectivity index (χ3n) is 3.38. The van der Waals surface area contributed by atoms with E-state index in [9.17, 15) is 14.4 Å². The molecule has 0 spiro atoms. The van der Waals surface area contributed by atoms with Gasteiger partial charge in [0.2, 0.25) is 0 Å². The van der Waals surface area contributed by atoms with Crippen molar-refractivity contribution in [2.75, 3.05) is 12.0 Å². The predicted molar refractivity (Wildman–Crippen MR) is 93.4 cm³/mol. The van der Waals surface area contributed by atoms with Gasteiger partial charge in [-0.3, -0.25) is 14.9 Å². The summed E-state index contributed by atoms with van der Waals surface area (Å²) in [7, 11) is 1.45. The van der Waals surface area contributed by atoms with Crippen LogP contribution >= 0.6 is 27.5 Å². The van der Waals surface area contributed by atoms with Gasteiger partial charge in [-0.05, 0) is 52.3 Å². The van der Waals surface area contributed by atoms with Gasteiger partial charge in [-0.15, -0.1) is 0 Å². The van der Waals surface area contributed by atoms with Crippen LogP contribution in [0.4, 0.5) is 10.5 Å². The molecule has 2 heterocycles. The Bertz CT molecular complexity index is 921. The average Bonchev–Trinajstić information content (AvgIpc) is 2.96. The molecule has 0 aliphatic carbocycles. The molecule has 4 amide bonds. The van der Waals surface area contributed by atoms with Crippen molar-refractivity contribution in [2.24, 2.45) is 0 Å². The lowest BCUT2D eigenvalue weighted by Gasteiger charge is -2.26. The highest BCUT2D eigenvalue weighted by Crippen LogP contribution is 2.31. The number of urea groups is 1. The Balaban J connectivity index is 2.01. The summed E-state index contributed by atoms with van der Waals surface area (Å²) in [4.78, 5) is 37.6. The van der Waals surface area contributed by atoms with Crippen LogP contribution in [0.2, 0.25) is 5.02 Å². The maximum Gasteiger partial charge on any atom is 0.335 e. The number of hydrogen-bond acceptors (Lipinski definition) is 5. The average molecular weight is 426 g/mol. The van der Waals surface area contributed by atoms with Crippen molar-refractivity contribution >= 4 is 57.1 Å². The van der Waals surface area contributed by atoms with E-state index in [-0.39, 0.29) is 22.0 Å². The molecular formula is C16H10BrClN2O5. The number of benzene rings is 1. The molecule has 0 saturated carbocycles. The van der Waals surface area contributed by atoms with E-state index in [1.54, 1.807) is 12.1 Å². The van der Waals surface area contributed by atoms with Gasteiger partial charge >= 0.3 is 6.03 Å². The lowest BCUT2D eigenvalue weighted by Crippen LogP contribution is -2.54. The quantitative estimate of drug-likeness (QED) is 0.602. The molecule has 1 aromatic heterocycles. The summed E-state index contributed by atoms with van der Waals surface area (Å²) < 4.78 is 10.8. The van der Waals surface area contributed by atoms with Crippen LogP contribution in [0.25, 0.3) is 6.08 Å². The van der Waals surface area contributed by atoms with Gasteiger partial charge in [-0.1, -0.05) is 11.6 Å². The molecule has 1 saturated heterocycles. The van der Waals surface area contributed by atoms with E-state index in [1.807, 2.05) is 0 Å². The third kappa shape index (κ3) is 3.31. The van der Waals surface area contributed by atoms with Crippen LogP contribution in [-0.4, -0.2) is 25.0 Å². The number of amides is 4. The Kier molecular flexibility index (Phi) is 4.65. The zero-order chi connectivity index (χ0) is 18.1. The third-order valence-corrected chi connectivity index (χ3v) is 4.10. The van der Waals surface area contributed by atoms with Gasteiger partial charge in [0.1, 0.15) is 17.1 Å². The minimum absolute atomic E-state index is 0.201. The van der Waals surface area contributed by atoms with Crippen LogP contribution in [-0.2, 0) is 9.59 Å². The van der Waals surface area contributed by atoms with E-state index in [2.05, 4.69) is 21.2 Å². The van der Waals surface area contributed by atoms with Gasteiger partial charge in [0.05, 0.1) is 17.8 Å². The molecule has 0 bridgehead atoms. The lowest BCUT2D eigenvalue weighted by molar-refractivity contribution is -0.122. The molecule has 1 N–H and O–H groups in total. The molecule has 9 heteroatoms. The fourth-order valence-electron chi connectivity index (χ4n) is 2.23. The largest absolute Gasteiger partial charge is 0.495 e. The van der Waals surface area contributed by atoms with Crippen LogP contribution in [0.5, 0.6) is 5.75 Å². The number of rotatable bonds is 3. The maximum absolute atomic E-state index is 12.7. The van der Waals surface area contributed by atoms with Crippen molar-refractivity contribution in [3.63, 3.8) is 0 Å². The molecular weight excluding hydrogens is 416 g/mol. The van der Waals surface area contributed by atoms with Crippen molar-refractivity contribution in [3.05, 3.63) is 51.4 Å². The highest BCUT2D eigenvalue weighted by atomic mass is 79.9. The van der Waals surface area contributed by atoms with Gasteiger partial charge in [0.25, 0.3) is 11.8 Å². The number of nitrogens with zero attached hydrogens (tertiary/aromatic N) is 1. The van der Waals surface area contributed by atoms with E-state index in [1.165, 1.54) is 31.4 Å². The van der Waals surface area contributed by atoms with Crippen molar-refractivity contribution in [2.45, 2.75) is 0 Å². The summed E-state index contributed by atoms with van der Waals surface area (Å²) in [6.07, 6.45) is 1.26. The van der Waals surface area contributed by atoms with Crippen molar-refractivity contribution in [1.82, 2.24) is 5.32 Å². The van der Waals surface area contributed by atoms with Crippen LogP contribution in [0.3, 0.4) is 0 Å². The normalized spacial score (nSPS) is 16.4. The van der Waals surface area contributed by atoms with Crippen LogP contribution < -0.4 is 15.0 Å². The summed E-state index contributed by atoms with van der Waals surface area (Å²) in [5.41, 5.74) is -0.0410. The fraction of sp³-hybridized carbons (Fsp3) is 0.0625. The molecule has 0 radical (unpaired) electrons. The number of hydrogen-bond donors (Lipinski definition) is 1. The lowest BCUT2D eigenvalue weighted by atomic mass is 10.1. The van der Waals surface area contributed by atoms with Gasteiger partial charge in [0, 0.05) is 0 Å². The molecule has 1 aromatic carbocycles. The topological polar surface area (TPSA) is 88.8 Å². The monoisotopic (exact) mass is 424 g/mol. The Morgan fingerprint density at radius 3 is 2.60 bits per heavy atom. The first kappa shape index (κ1) is 17.2. The molecule has 128 valence electrons.